The van der Waals surface area contributed by atoms with Crippen LogP contribution < -0.4 is 0 Å². The van der Waals surface area contributed by atoms with Crippen LogP contribution in [0.1, 0.15) is 155 Å². The molecule has 1 aliphatic rings. The number of halogens is 6. The number of hydrogen-bond acceptors (Lipinski definition) is 3. The average molecular weight is 965 g/mol. The predicted octanol–water partition coefficient (Wildman–Crippen LogP) is 16.9. The van der Waals surface area contributed by atoms with E-state index in [0.29, 0.717) is 24.0 Å². The molecule has 1 saturated heterocycles. The number of aromatic nitrogens is 1. The molecule has 11 heteroatoms. The van der Waals surface area contributed by atoms with Crippen LogP contribution in [-0.4, -0.2) is 47.9 Å². The van der Waals surface area contributed by atoms with Crippen molar-refractivity contribution in [2.45, 2.75) is 162 Å². The number of rotatable bonds is 14. The molecule has 70 heavy (non-hydrogen) atoms. The van der Waals surface area contributed by atoms with Gasteiger partial charge in [-0.3, -0.25) is 0 Å². The fourth-order valence-corrected chi connectivity index (χ4v) is 8.92. The molecule has 0 aliphatic carbocycles. The Balaban J connectivity index is 1.57. The minimum Gasteiger partial charge on any atom is -0.389 e. The lowest BCUT2D eigenvalue weighted by molar-refractivity contribution is -0.158. The lowest BCUT2D eigenvalue weighted by Gasteiger charge is -2.26. The van der Waals surface area contributed by atoms with E-state index < -0.39 is 50.4 Å². The van der Waals surface area contributed by atoms with Crippen LogP contribution >= 0.6 is 0 Å². The van der Waals surface area contributed by atoms with Gasteiger partial charge in [-0.15, -0.1) is 0 Å². The van der Waals surface area contributed by atoms with E-state index in [1.807, 2.05) is 66.0 Å². The lowest BCUT2D eigenvalue weighted by atomic mass is 9.85. The first-order valence-electron chi connectivity index (χ1n) is 24.2. The van der Waals surface area contributed by atoms with Gasteiger partial charge in [-0.25, -0.2) is 26.3 Å². The van der Waals surface area contributed by atoms with Crippen LogP contribution in [-0.2, 0) is 31.0 Å². The zero-order valence-electron chi connectivity index (χ0n) is 43.5. The molecule has 4 aromatic carbocycles. The van der Waals surface area contributed by atoms with Gasteiger partial charge in [-0.1, -0.05) is 180 Å². The van der Waals surface area contributed by atoms with Crippen molar-refractivity contribution in [2.24, 2.45) is 0 Å². The van der Waals surface area contributed by atoms with Gasteiger partial charge in [0, 0.05) is 23.4 Å². The highest BCUT2D eigenvalue weighted by molar-refractivity contribution is 6.45. The highest BCUT2D eigenvalue weighted by Gasteiger charge is 2.50. The number of alkyl halides is 6. The fraction of sp³-hybridized carbons (Fsp3) is 0.441. The van der Waals surface area contributed by atoms with Crippen LogP contribution in [0.2, 0.25) is 0 Å². The Kier molecular flexibility index (Phi) is 15.3. The molecule has 0 radical (unpaired) electrons. The average Bonchev–Trinajstić information content (AvgIpc) is 3.85. The van der Waals surface area contributed by atoms with Crippen molar-refractivity contribution in [3.63, 3.8) is 0 Å². The largest absolute Gasteiger partial charge is 0.598 e. The molecule has 6 rings (SSSR count). The second-order valence-corrected chi connectivity index (χ2v) is 23.6. The van der Waals surface area contributed by atoms with Crippen LogP contribution in [0.5, 0.6) is 0 Å². The molecule has 0 bridgehead atoms. The summed E-state index contributed by atoms with van der Waals surface area (Å²) in [5, 5.41) is 9.42. The van der Waals surface area contributed by atoms with Gasteiger partial charge in [-0.05, 0) is 109 Å². The van der Waals surface area contributed by atoms with Crippen molar-refractivity contribution in [1.29, 1.82) is 5.41 Å². The molecule has 1 fully saturated rings. The van der Waals surface area contributed by atoms with E-state index in [9.17, 15) is 23.0 Å². The predicted molar refractivity (Wildman–Crippen MR) is 278 cm³/mol. The van der Waals surface area contributed by atoms with Gasteiger partial charge >= 0.3 is 7.25 Å². The molecule has 374 valence electrons. The van der Waals surface area contributed by atoms with Gasteiger partial charge in [0.2, 0.25) is 0 Å². The first kappa shape index (κ1) is 54.2. The summed E-state index contributed by atoms with van der Waals surface area (Å²) in [7, 11) is -1.29. The van der Waals surface area contributed by atoms with Crippen molar-refractivity contribution in [2.75, 3.05) is 6.61 Å². The molecule has 4 nitrogen and oxygen atoms in total. The van der Waals surface area contributed by atoms with Gasteiger partial charge in [0.05, 0.1) is 31.3 Å². The van der Waals surface area contributed by atoms with E-state index in [2.05, 4.69) is 144 Å². The third kappa shape index (κ3) is 13.6. The number of nitrogens with one attached hydrogen (secondary N) is 1. The topological polar surface area (TPSA) is 47.2 Å². The molecule has 1 unspecified atom stereocenters. The lowest BCUT2D eigenvalue weighted by Crippen LogP contribution is -2.37. The second kappa shape index (κ2) is 19.8. The zero-order valence-corrected chi connectivity index (χ0v) is 43.5. The summed E-state index contributed by atoms with van der Waals surface area (Å²) in [6.45, 7) is 27.6. The van der Waals surface area contributed by atoms with Crippen molar-refractivity contribution in [1.82, 2.24) is 4.48 Å². The molecule has 0 saturated carbocycles. The van der Waals surface area contributed by atoms with Gasteiger partial charge < -0.3 is 19.2 Å². The molecule has 1 N–H and O–H groups in total. The van der Waals surface area contributed by atoms with E-state index in [4.69, 9.17) is 9.31 Å². The fourth-order valence-electron chi connectivity index (χ4n) is 8.92. The number of hydrogen-bond donors (Lipinski definition) is 1. The maximum absolute atomic E-state index is 15.5. The summed E-state index contributed by atoms with van der Waals surface area (Å²) in [6, 6.07) is 34.8. The summed E-state index contributed by atoms with van der Waals surface area (Å²) in [5.74, 6) is -12.2. The maximum Gasteiger partial charge on any atom is 0.598 e. The molecule has 0 amide bonds. The number of nitrogens with zero attached hydrogens (tertiary/aromatic N) is 1. The smallest absolute Gasteiger partial charge is 0.389 e. The third-order valence-electron chi connectivity index (χ3n) is 12.9. The van der Waals surface area contributed by atoms with Crippen molar-refractivity contribution < 1.29 is 35.7 Å². The van der Waals surface area contributed by atoms with Crippen molar-refractivity contribution in [3.05, 3.63) is 154 Å². The van der Waals surface area contributed by atoms with Crippen molar-refractivity contribution in [3.8, 4) is 22.4 Å². The standard InChI is InChI=1S/C59H71BF6N2O2/c1-38(31-43(39-15-23-44(24-16-39)53(2,3)4)32-50(67)41-19-27-46(28-20-41)55(8,9)10)52-49(40-17-25-45(26-18-40)54(5,6)7)33-51(42-21-29-47(30-22-42)56(11,12)13)68(52)60-69-35-48(70-60)34-58(63,64)37-59(65,66)36-57(14,61)62/h15-33,48,67H,34-37H2,1-14H3/b38-31+,43-32+,67-50?. The summed E-state index contributed by atoms with van der Waals surface area (Å²) in [6.07, 6.45) is -2.68. The Hall–Kier alpha value is -5.13. The summed E-state index contributed by atoms with van der Waals surface area (Å²) in [5.41, 5.74) is 11.2. The minimum absolute atomic E-state index is 0.0685. The van der Waals surface area contributed by atoms with E-state index in [0.717, 1.165) is 61.2 Å². The normalized spacial score (nSPS) is 16.1. The van der Waals surface area contributed by atoms with Crippen LogP contribution in [0, 0.1) is 5.41 Å². The van der Waals surface area contributed by atoms with Crippen LogP contribution in [0.3, 0.4) is 0 Å². The van der Waals surface area contributed by atoms with E-state index in [-0.39, 0.29) is 28.3 Å². The Morgan fingerprint density at radius 2 is 1.01 bits per heavy atom. The Bertz CT molecular complexity index is 2680. The highest BCUT2D eigenvalue weighted by atomic mass is 19.3. The van der Waals surface area contributed by atoms with Gasteiger partial charge in [0.25, 0.3) is 17.8 Å². The first-order valence-corrected chi connectivity index (χ1v) is 24.2. The Labute approximate surface area is 413 Å². The van der Waals surface area contributed by atoms with Gasteiger partial charge in [-0.2, -0.15) is 0 Å². The number of allylic oxidation sites excluding steroid dienone is 4. The van der Waals surface area contributed by atoms with E-state index >= 15 is 8.78 Å². The molecule has 5 aromatic rings. The van der Waals surface area contributed by atoms with E-state index in [1.165, 1.54) is 0 Å². The highest BCUT2D eigenvalue weighted by Crippen LogP contribution is 2.43. The van der Waals surface area contributed by atoms with Crippen LogP contribution in [0.25, 0.3) is 33.5 Å². The van der Waals surface area contributed by atoms with Crippen LogP contribution in [0.4, 0.5) is 26.3 Å². The second-order valence-electron chi connectivity index (χ2n) is 23.6. The quantitative estimate of drug-likeness (QED) is 0.0522. The van der Waals surface area contributed by atoms with E-state index in [1.54, 1.807) is 0 Å². The Morgan fingerprint density at radius 3 is 1.46 bits per heavy atom. The Morgan fingerprint density at radius 1 is 0.586 bits per heavy atom. The third-order valence-corrected chi connectivity index (χ3v) is 12.9. The number of benzene rings is 4. The zero-order chi connectivity index (χ0) is 52.0. The molecular formula is C59H71BF6N2O2. The summed E-state index contributed by atoms with van der Waals surface area (Å²) in [4.78, 5) is 0. The van der Waals surface area contributed by atoms with Gasteiger partial charge in [0.1, 0.15) is 0 Å². The SMILES string of the molecule is C/C(=C\C(=C/C(=N)c1ccc(C(C)(C)C)cc1)c1ccc(C(C)(C)C)cc1)c1c(-c2ccc(C(C)(C)C)cc2)cc(-c2ccc(C(C)(C)C)cc2)n1B1OCC(CC(F)(F)CC(F)(F)CC(C)(F)F)O1. The molecule has 0 spiro atoms. The van der Waals surface area contributed by atoms with Gasteiger partial charge in [0.15, 0.2) is 0 Å². The maximum atomic E-state index is 15.5. The molecule has 2 heterocycles. The first-order chi connectivity index (χ1) is 32.1. The molecule has 1 aliphatic heterocycles. The summed E-state index contributed by atoms with van der Waals surface area (Å²) >= 11 is 0. The summed E-state index contributed by atoms with van der Waals surface area (Å²) < 4.78 is 102. The van der Waals surface area contributed by atoms with Crippen molar-refractivity contribution >= 4 is 24.1 Å². The molecule has 1 atom stereocenters. The minimum atomic E-state index is -4.32. The molecular weight excluding hydrogens is 893 g/mol. The molecule has 1 aromatic heterocycles. The monoisotopic (exact) mass is 965 g/mol. The van der Waals surface area contributed by atoms with Crippen LogP contribution in [0.15, 0.2) is 115 Å².